The summed E-state index contributed by atoms with van der Waals surface area (Å²) in [5, 5.41) is 4.01. The van der Waals surface area contributed by atoms with E-state index in [0.29, 0.717) is 28.2 Å². The summed E-state index contributed by atoms with van der Waals surface area (Å²) in [4.78, 5) is 4.22. The minimum atomic E-state index is 0.383. The summed E-state index contributed by atoms with van der Waals surface area (Å²) in [5.74, 6) is 6.26. The van der Waals surface area contributed by atoms with Gasteiger partial charge >= 0.3 is 0 Å². The molecule has 0 saturated heterocycles. The van der Waals surface area contributed by atoms with Crippen molar-refractivity contribution in [1.29, 1.82) is 0 Å². The number of nitrogens with zero attached hydrogens (tertiary/aromatic N) is 1. The number of halogens is 2. The van der Waals surface area contributed by atoms with Crippen LogP contribution in [0.4, 0.5) is 11.6 Å². The largest absolute Gasteiger partial charge is 0.365 e. The summed E-state index contributed by atoms with van der Waals surface area (Å²) in [6, 6.07) is 9.71. The Morgan fingerprint density at radius 2 is 1.84 bits per heavy atom. The van der Waals surface area contributed by atoms with E-state index in [1.54, 1.807) is 6.07 Å². The molecule has 0 atom stereocenters. The predicted molar refractivity (Wildman–Crippen MR) is 80.6 cm³/mol. The molecule has 0 radical (unpaired) electrons. The molecule has 1 aromatic carbocycles. The van der Waals surface area contributed by atoms with Gasteiger partial charge in [-0.05, 0) is 24.1 Å². The van der Waals surface area contributed by atoms with E-state index in [1.807, 2.05) is 18.2 Å². The molecule has 0 fully saturated rings. The fourth-order valence-corrected chi connectivity index (χ4v) is 2.16. The zero-order valence-corrected chi connectivity index (χ0v) is 11.9. The maximum Gasteiger partial charge on any atom is 0.161 e. The van der Waals surface area contributed by atoms with Crippen LogP contribution in [0.3, 0.4) is 0 Å². The molecular weight excluding hydrogens is 283 g/mol. The van der Waals surface area contributed by atoms with Crippen LogP contribution in [0.15, 0.2) is 30.3 Å². The van der Waals surface area contributed by atoms with Crippen LogP contribution in [-0.4, -0.2) is 4.98 Å². The van der Waals surface area contributed by atoms with Gasteiger partial charge in [-0.1, -0.05) is 47.5 Å². The fourth-order valence-electron chi connectivity index (χ4n) is 1.68. The molecule has 2 rings (SSSR count). The Bertz CT molecular complexity index is 587. The highest BCUT2D eigenvalue weighted by molar-refractivity contribution is 6.37. The van der Waals surface area contributed by atoms with Gasteiger partial charge < -0.3 is 10.7 Å². The lowest BCUT2D eigenvalue weighted by Gasteiger charge is -2.11. The first kappa shape index (κ1) is 13.9. The van der Waals surface area contributed by atoms with E-state index >= 15 is 0 Å². The second-order valence-corrected chi connectivity index (χ2v) is 4.89. The number of pyridine rings is 1. The van der Waals surface area contributed by atoms with Gasteiger partial charge in [-0.15, -0.1) is 0 Å². The summed E-state index contributed by atoms with van der Waals surface area (Å²) >= 11 is 12.0. The van der Waals surface area contributed by atoms with Gasteiger partial charge in [0.2, 0.25) is 0 Å². The third kappa shape index (κ3) is 3.29. The Labute approximate surface area is 121 Å². The van der Waals surface area contributed by atoms with Crippen molar-refractivity contribution in [3.05, 3.63) is 51.5 Å². The van der Waals surface area contributed by atoms with Crippen LogP contribution in [0.1, 0.15) is 11.1 Å². The summed E-state index contributed by atoms with van der Waals surface area (Å²) < 4.78 is 0. The van der Waals surface area contributed by atoms with Gasteiger partial charge in [0.15, 0.2) is 5.82 Å². The lowest BCUT2D eigenvalue weighted by atomic mass is 10.1. The fraction of sp³-hybridized carbons (Fsp3) is 0.154. The molecule has 19 heavy (non-hydrogen) atoms. The molecule has 0 bridgehead atoms. The molecule has 0 saturated carbocycles. The molecular formula is C13H14Cl2N4. The van der Waals surface area contributed by atoms with Crippen molar-refractivity contribution in [1.82, 2.24) is 4.98 Å². The maximum atomic E-state index is 6.09. The minimum Gasteiger partial charge on any atom is -0.365 e. The first-order valence-electron chi connectivity index (χ1n) is 5.73. The first-order valence-corrected chi connectivity index (χ1v) is 6.48. The lowest BCUT2D eigenvalue weighted by Crippen LogP contribution is -2.11. The number of aryl methyl sites for hydroxylation is 1. The van der Waals surface area contributed by atoms with Crippen molar-refractivity contribution in [2.45, 2.75) is 13.5 Å². The smallest absolute Gasteiger partial charge is 0.161 e. The summed E-state index contributed by atoms with van der Waals surface area (Å²) in [6.07, 6.45) is 0. The first-order chi connectivity index (χ1) is 9.11. The maximum absolute atomic E-state index is 6.09. The average Bonchev–Trinajstić information content (AvgIpc) is 2.39. The number of nitrogens with one attached hydrogen (secondary N) is 2. The molecule has 0 aliphatic heterocycles. The van der Waals surface area contributed by atoms with Crippen molar-refractivity contribution < 1.29 is 0 Å². The van der Waals surface area contributed by atoms with Crippen LogP contribution in [0.25, 0.3) is 0 Å². The highest BCUT2D eigenvalue weighted by Crippen LogP contribution is 2.29. The van der Waals surface area contributed by atoms with Crippen LogP contribution in [0.5, 0.6) is 0 Å². The molecule has 2 aromatic rings. The molecule has 1 heterocycles. The third-order valence-electron chi connectivity index (χ3n) is 2.77. The number of hydrazine groups is 1. The van der Waals surface area contributed by atoms with E-state index in [9.17, 15) is 0 Å². The minimum absolute atomic E-state index is 0.383. The van der Waals surface area contributed by atoms with E-state index in [4.69, 9.17) is 29.0 Å². The van der Waals surface area contributed by atoms with E-state index in [2.05, 4.69) is 28.7 Å². The SMILES string of the molecule is Cc1ccccc1CNc1nc(NN)c(Cl)cc1Cl. The van der Waals surface area contributed by atoms with Gasteiger partial charge in [0.05, 0.1) is 10.0 Å². The molecule has 4 N–H and O–H groups in total. The van der Waals surface area contributed by atoms with Crippen molar-refractivity contribution in [3.8, 4) is 0 Å². The second-order valence-electron chi connectivity index (χ2n) is 4.07. The highest BCUT2D eigenvalue weighted by Gasteiger charge is 2.08. The Hall–Kier alpha value is -1.49. The number of aromatic nitrogens is 1. The van der Waals surface area contributed by atoms with Crippen molar-refractivity contribution in [3.63, 3.8) is 0 Å². The molecule has 0 aliphatic rings. The Balaban J connectivity index is 2.18. The number of nitrogens with two attached hydrogens (primary N) is 1. The number of rotatable bonds is 4. The Kier molecular flexibility index (Phi) is 4.47. The number of anilines is 2. The van der Waals surface area contributed by atoms with E-state index in [0.717, 1.165) is 0 Å². The van der Waals surface area contributed by atoms with Crippen LogP contribution in [-0.2, 0) is 6.54 Å². The van der Waals surface area contributed by atoms with Gasteiger partial charge in [-0.3, -0.25) is 0 Å². The Morgan fingerprint density at radius 3 is 2.53 bits per heavy atom. The number of hydrogen-bond donors (Lipinski definition) is 3. The quantitative estimate of drug-likeness (QED) is 0.596. The predicted octanol–water partition coefficient (Wildman–Crippen LogP) is 3.59. The van der Waals surface area contributed by atoms with E-state index in [1.165, 1.54) is 11.1 Å². The monoisotopic (exact) mass is 296 g/mol. The molecule has 100 valence electrons. The van der Waals surface area contributed by atoms with E-state index < -0.39 is 0 Å². The molecule has 0 spiro atoms. The molecule has 6 heteroatoms. The van der Waals surface area contributed by atoms with Gasteiger partial charge in [-0.25, -0.2) is 10.8 Å². The van der Waals surface area contributed by atoms with Crippen molar-refractivity contribution in [2.24, 2.45) is 5.84 Å². The standard InChI is InChI=1S/C13H14Cl2N4/c1-8-4-2-3-5-9(8)7-17-12-10(14)6-11(15)13(18-12)19-16/h2-6H,7,16H2,1H3,(H2,17,18,19). The van der Waals surface area contributed by atoms with Crippen LogP contribution in [0, 0.1) is 6.92 Å². The molecule has 0 aliphatic carbocycles. The van der Waals surface area contributed by atoms with Crippen LogP contribution >= 0.6 is 23.2 Å². The van der Waals surface area contributed by atoms with Gasteiger partial charge in [0, 0.05) is 6.54 Å². The summed E-state index contributed by atoms with van der Waals surface area (Å²) in [7, 11) is 0. The van der Waals surface area contributed by atoms with Crippen LogP contribution in [0.2, 0.25) is 10.0 Å². The van der Waals surface area contributed by atoms with Crippen molar-refractivity contribution in [2.75, 3.05) is 10.7 Å². The highest BCUT2D eigenvalue weighted by atomic mass is 35.5. The van der Waals surface area contributed by atoms with E-state index in [-0.39, 0.29) is 0 Å². The van der Waals surface area contributed by atoms with Gasteiger partial charge in [0.25, 0.3) is 0 Å². The Morgan fingerprint density at radius 1 is 1.16 bits per heavy atom. The third-order valence-corrected chi connectivity index (χ3v) is 3.35. The van der Waals surface area contributed by atoms with Gasteiger partial charge in [0.1, 0.15) is 5.82 Å². The topological polar surface area (TPSA) is 63.0 Å². The zero-order chi connectivity index (χ0) is 13.8. The average molecular weight is 297 g/mol. The summed E-state index contributed by atoms with van der Waals surface area (Å²) in [5.41, 5.74) is 4.81. The zero-order valence-electron chi connectivity index (χ0n) is 10.4. The number of benzene rings is 1. The molecule has 0 unspecified atom stereocenters. The van der Waals surface area contributed by atoms with Crippen LogP contribution < -0.4 is 16.6 Å². The number of nitrogen functional groups attached to an aromatic ring is 1. The normalized spacial score (nSPS) is 10.3. The number of hydrogen-bond acceptors (Lipinski definition) is 4. The molecule has 4 nitrogen and oxygen atoms in total. The molecule has 1 aromatic heterocycles. The van der Waals surface area contributed by atoms with Gasteiger partial charge in [-0.2, -0.15) is 0 Å². The second kappa shape index (κ2) is 6.10. The summed E-state index contributed by atoms with van der Waals surface area (Å²) in [6.45, 7) is 2.69. The van der Waals surface area contributed by atoms with Crippen molar-refractivity contribution >= 4 is 34.8 Å². The lowest BCUT2D eigenvalue weighted by molar-refractivity contribution is 1.09. The molecule has 0 amide bonds.